The van der Waals surface area contributed by atoms with E-state index in [1.807, 2.05) is 24.3 Å². The molecule has 0 spiro atoms. The molecule has 0 radical (unpaired) electrons. The molecule has 0 aliphatic heterocycles. The maximum absolute atomic E-state index is 10.5. The highest BCUT2D eigenvalue weighted by Crippen LogP contribution is 2.38. The van der Waals surface area contributed by atoms with Crippen LogP contribution in [0.2, 0.25) is 0 Å². The molecule has 0 fully saturated rings. The Morgan fingerprint density at radius 3 is 2.70 bits per heavy atom. The van der Waals surface area contributed by atoms with Crippen molar-refractivity contribution in [3.05, 3.63) is 65.2 Å². The van der Waals surface area contributed by atoms with Crippen LogP contribution in [-0.4, -0.2) is 5.11 Å². The van der Waals surface area contributed by atoms with E-state index in [2.05, 4.69) is 24.3 Å². The van der Waals surface area contributed by atoms with Gasteiger partial charge in [-0.25, -0.2) is 0 Å². The smallest absolute Gasteiger partial charge is 0.0815 e. The van der Waals surface area contributed by atoms with Crippen molar-refractivity contribution in [2.75, 3.05) is 5.73 Å². The molecule has 3 N–H and O–H groups in total. The van der Waals surface area contributed by atoms with Crippen LogP contribution < -0.4 is 5.73 Å². The van der Waals surface area contributed by atoms with Crippen LogP contribution in [0.3, 0.4) is 0 Å². The summed E-state index contributed by atoms with van der Waals surface area (Å²) in [6.07, 6.45) is 3.80. The Labute approximate surface area is 120 Å². The molecule has 104 valence electrons. The van der Waals surface area contributed by atoms with Crippen molar-refractivity contribution >= 4 is 5.69 Å². The lowest BCUT2D eigenvalue weighted by molar-refractivity contribution is 0.155. The quantitative estimate of drug-likeness (QED) is 0.831. The van der Waals surface area contributed by atoms with Crippen molar-refractivity contribution in [2.24, 2.45) is 0 Å². The van der Waals surface area contributed by atoms with Gasteiger partial charge in [0.2, 0.25) is 0 Å². The Bertz CT molecular complexity index is 593. The zero-order chi connectivity index (χ0) is 13.9. The number of rotatable bonds is 3. The predicted octanol–water partition coefficient (Wildman–Crippen LogP) is 3.81. The number of nitrogen functional groups attached to an aromatic ring is 1. The number of aryl methyl sites for hydroxylation is 1. The van der Waals surface area contributed by atoms with Gasteiger partial charge < -0.3 is 10.8 Å². The van der Waals surface area contributed by atoms with E-state index in [0.29, 0.717) is 11.6 Å². The summed E-state index contributed by atoms with van der Waals surface area (Å²) < 4.78 is 0. The topological polar surface area (TPSA) is 46.2 Å². The molecule has 2 atom stereocenters. The van der Waals surface area contributed by atoms with Gasteiger partial charge in [0.15, 0.2) is 0 Å². The molecule has 3 rings (SSSR count). The summed E-state index contributed by atoms with van der Waals surface area (Å²) in [4.78, 5) is 0. The molecule has 0 saturated heterocycles. The first-order valence-electron chi connectivity index (χ1n) is 7.36. The van der Waals surface area contributed by atoms with Crippen LogP contribution in [0.15, 0.2) is 48.5 Å². The van der Waals surface area contributed by atoms with Gasteiger partial charge in [0, 0.05) is 11.3 Å². The van der Waals surface area contributed by atoms with Gasteiger partial charge in [0.05, 0.1) is 6.10 Å². The minimum Gasteiger partial charge on any atom is -0.398 e. The Hall–Kier alpha value is -1.80. The van der Waals surface area contributed by atoms with Gasteiger partial charge in [-0.2, -0.15) is 0 Å². The summed E-state index contributed by atoms with van der Waals surface area (Å²) in [6.45, 7) is 0. The fourth-order valence-electron chi connectivity index (χ4n) is 3.31. The highest BCUT2D eigenvalue weighted by atomic mass is 16.3. The van der Waals surface area contributed by atoms with E-state index in [9.17, 15) is 5.11 Å². The van der Waals surface area contributed by atoms with Crippen LogP contribution in [0.5, 0.6) is 0 Å². The summed E-state index contributed by atoms with van der Waals surface area (Å²) in [6, 6.07) is 16.2. The third kappa shape index (κ3) is 2.56. The molecule has 0 bridgehead atoms. The van der Waals surface area contributed by atoms with E-state index >= 15 is 0 Å². The third-order valence-electron chi connectivity index (χ3n) is 4.36. The van der Waals surface area contributed by atoms with E-state index in [-0.39, 0.29) is 0 Å². The molecule has 2 heteroatoms. The van der Waals surface area contributed by atoms with Crippen LogP contribution in [0, 0.1) is 0 Å². The highest BCUT2D eigenvalue weighted by molar-refractivity contribution is 5.47. The van der Waals surface area contributed by atoms with Crippen LogP contribution in [-0.2, 0) is 6.42 Å². The number of aliphatic hydroxyl groups is 1. The monoisotopic (exact) mass is 267 g/mol. The minimum atomic E-state index is -0.479. The number of para-hydroxylation sites is 1. The molecule has 2 aromatic rings. The number of benzene rings is 2. The van der Waals surface area contributed by atoms with Crippen molar-refractivity contribution < 1.29 is 5.11 Å². The van der Waals surface area contributed by atoms with Gasteiger partial charge in [0.25, 0.3) is 0 Å². The van der Waals surface area contributed by atoms with Crippen molar-refractivity contribution in [3.63, 3.8) is 0 Å². The van der Waals surface area contributed by atoms with Crippen LogP contribution in [0.25, 0.3) is 0 Å². The van der Waals surface area contributed by atoms with E-state index in [1.165, 1.54) is 17.5 Å². The van der Waals surface area contributed by atoms with Gasteiger partial charge in [-0.1, -0.05) is 42.5 Å². The Kier molecular flexibility index (Phi) is 3.75. The van der Waals surface area contributed by atoms with E-state index < -0.39 is 6.10 Å². The SMILES string of the molecule is Nc1ccccc1C(O)CC1CCCc2ccccc21. The Balaban J connectivity index is 1.81. The standard InChI is InChI=1S/C18H21NO/c19-17-11-4-3-10-16(17)18(20)12-14-8-5-7-13-6-1-2-9-15(13)14/h1-4,6,9-11,14,18,20H,5,7-8,12,19H2. The zero-order valence-corrected chi connectivity index (χ0v) is 11.6. The lowest BCUT2D eigenvalue weighted by Gasteiger charge is -2.27. The summed E-state index contributed by atoms with van der Waals surface area (Å²) in [5.41, 5.74) is 10.4. The number of hydrogen-bond acceptors (Lipinski definition) is 2. The van der Waals surface area contributed by atoms with E-state index in [0.717, 1.165) is 24.8 Å². The first-order valence-corrected chi connectivity index (χ1v) is 7.36. The fraction of sp³-hybridized carbons (Fsp3) is 0.333. The maximum Gasteiger partial charge on any atom is 0.0815 e. The molecule has 20 heavy (non-hydrogen) atoms. The van der Waals surface area contributed by atoms with Gasteiger partial charge in [-0.15, -0.1) is 0 Å². The average Bonchev–Trinajstić information content (AvgIpc) is 2.48. The molecule has 2 unspecified atom stereocenters. The molecule has 0 saturated carbocycles. The molecular weight excluding hydrogens is 246 g/mol. The minimum absolute atomic E-state index is 0.439. The second-order valence-corrected chi connectivity index (χ2v) is 5.67. The number of anilines is 1. The number of hydrogen-bond donors (Lipinski definition) is 2. The van der Waals surface area contributed by atoms with Gasteiger partial charge in [-0.05, 0) is 48.8 Å². The Morgan fingerprint density at radius 2 is 1.85 bits per heavy atom. The number of fused-ring (bicyclic) bond motifs is 1. The lowest BCUT2D eigenvalue weighted by Crippen LogP contribution is -2.13. The summed E-state index contributed by atoms with van der Waals surface area (Å²) in [5.74, 6) is 0.439. The van der Waals surface area contributed by atoms with Crippen molar-refractivity contribution in [3.8, 4) is 0 Å². The van der Waals surface area contributed by atoms with Crippen LogP contribution in [0.4, 0.5) is 5.69 Å². The second kappa shape index (κ2) is 5.68. The maximum atomic E-state index is 10.5. The normalized spacial score (nSPS) is 19.4. The lowest BCUT2D eigenvalue weighted by atomic mass is 9.79. The highest BCUT2D eigenvalue weighted by Gasteiger charge is 2.23. The van der Waals surface area contributed by atoms with Crippen LogP contribution >= 0.6 is 0 Å². The molecule has 1 aliphatic rings. The fourth-order valence-corrected chi connectivity index (χ4v) is 3.31. The molecule has 0 heterocycles. The van der Waals surface area contributed by atoms with Gasteiger partial charge in [-0.3, -0.25) is 0 Å². The summed E-state index contributed by atoms with van der Waals surface area (Å²) >= 11 is 0. The average molecular weight is 267 g/mol. The predicted molar refractivity (Wildman–Crippen MR) is 82.6 cm³/mol. The van der Waals surface area contributed by atoms with Crippen molar-refractivity contribution in [2.45, 2.75) is 37.7 Å². The largest absolute Gasteiger partial charge is 0.398 e. The molecule has 2 aromatic carbocycles. The number of aliphatic hydroxyl groups excluding tert-OH is 1. The van der Waals surface area contributed by atoms with Gasteiger partial charge in [0.1, 0.15) is 0 Å². The van der Waals surface area contributed by atoms with Gasteiger partial charge >= 0.3 is 0 Å². The van der Waals surface area contributed by atoms with E-state index in [4.69, 9.17) is 5.73 Å². The molecule has 2 nitrogen and oxygen atoms in total. The molecule has 0 aromatic heterocycles. The van der Waals surface area contributed by atoms with Crippen molar-refractivity contribution in [1.29, 1.82) is 0 Å². The Morgan fingerprint density at radius 1 is 1.10 bits per heavy atom. The van der Waals surface area contributed by atoms with Crippen LogP contribution in [0.1, 0.15) is 48.0 Å². The van der Waals surface area contributed by atoms with Crippen molar-refractivity contribution in [1.82, 2.24) is 0 Å². The molecule has 1 aliphatic carbocycles. The second-order valence-electron chi connectivity index (χ2n) is 5.67. The van der Waals surface area contributed by atoms with E-state index in [1.54, 1.807) is 0 Å². The first kappa shape index (κ1) is 13.2. The zero-order valence-electron chi connectivity index (χ0n) is 11.6. The molecule has 0 amide bonds. The molecular formula is C18H21NO. The summed E-state index contributed by atoms with van der Waals surface area (Å²) in [5, 5.41) is 10.5. The number of nitrogens with two attached hydrogens (primary N) is 1. The first-order chi connectivity index (χ1) is 9.75. The third-order valence-corrected chi connectivity index (χ3v) is 4.36. The summed E-state index contributed by atoms with van der Waals surface area (Å²) in [7, 11) is 0.